The maximum Gasteiger partial charge on any atom is 0.191 e. The van der Waals surface area contributed by atoms with Crippen LogP contribution in [0.25, 0.3) is 0 Å². The van der Waals surface area contributed by atoms with E-state index in [2.05, 4.69) is 46.8 Å². The van der Waals surface area contributed by atoms with Gasteiger partial charge >= 0.3 is 0 Å². The van der Waals surface area contributed by atoms with Crippen LogP contribution in [-0.2, 0) is 6.54 Å². The van der Waals surface area contributed by atoms with Gasteiger partial charge in [-0.25, -0.2) is 4.99 Å². The van der Waals surface area contributed by atoms with Crippen LogP contribution in [-0.4, -0.2) is 19.0 Å². The smallest absolute Gasteiger partial charge is 0.191 e. The minimum absolute atomic E-state index is 0.737. The predicted octanol–water partition coefficient (Wildman–Crippen LogP) is 2.15. The van der Waals surface area contributed by atoms with E-state index in [4.69, 9.17) is 0 Å². The van der Waals surface area contributed by atoms with Crippen LogP contribution in [0.2, 0.25) is 0 Å². The van der Waals surface area contributed by atoms with E-state index in [-0.39, 0.29) is 0 Å². The second-order valence-corrected chi connectivity index (χ2v) is 4.51. The fourth-order valence-electron chi connectivity index (χ4n) is 1.66. The summed E-state index contributed by atoms with van der Waals surface area (Å²) < 4.78 is 0. The number of nitrogens with one attached hydrogen (secondary N) is 2. The lowest BCUT2D eigenvalue weighted by molar-refractivity contribution is 0.739. The minimum atomic E-state index is 0.737. The highest BCUT2D eigenvalue weighted by molar-refractivity contribution is 5.79. The average molecular weight is 231 g/mol. The topological polar surface area (TPSA) is 36.4 Å². The SMILES string of the molecule is CCNC(=NCc1ccccc1)NCC1CC1. The van der Waals surface area contributed by atoms with Gasteiger partial charge in [0.15, 0.2) is 5.96 Å². The van der Waals surface area contributed by atoms with E-state index < -0.39 is 0 Å². The van der Waals surface area contributed by atoms with Gasteiger partial charge in [0.25, 0.3) is 0 Å². The van der Waals surface area contributed by atoms with Crippen LogP contribution in [0.1, 0.15) is 25.3 Å². The summed E-state index contributed by atoms with van der Waals surface area (Å²) in [5, 5.41) is 6.67. The second kappa shape index (κ2) is 6.28. The van der Waals surface area contributed by atoms with E-state index in [9.17, 15) is 0 Å². The molecule has 1 aromatic rings. The van der Waals surface area contributed by atoms with Crippen LogP contribution in [0.3, 0.4) is 0 Å². The minimum Gasteiger partial charge on any atom is -0.357 e. The Morgan fingerprint density at radius 3 is 2.65 bits per heavy atom. The quantitative estimate of drug-likeness (QED) is 0.602. The van der Waals surface area contributed by atoms with E-state index in [0.717, 1.165) is 31.5 Å². The fourth-order valence-corrected chi connectivity index (χ4v) is 1.66. The lowest BCUT2D eigenvalue weighted by Crippen LogP contribution is -2.38. The molecule has 0 aliphatic heterocycles. The summed E-state index contributed by atoms with van der Waals surface area (Å²) in [6.07, 6.45) is 2.73. The molecule has 0 unspecified atom stereocenters. The van der Waals surface area contributed by atoms with Crippen LogP contribution in [0.4, 0.5) is 0 Å². The summed E-state index contributed by atoms with van der Waals surface area (Å²) in [6.45, 7) is 4.80. The highest BCUT2D eigenvalue weighted by Crippen LogP contribution is 2.27. The third-order valence-electron chi connectivity index (χ3n) is 2.86. The Morgan fingerprint density at radius 1 is 1.24 bits per heavy atom. The van der Waals surface area contributed by atoms with E-state index in [1.54, 1.807) is 0 Å². The van der Waals surface area contributed by atoms with Gasteiger partial charge in [0, 0.05) is 13.1 Å². The first-order valence-electron chi connectivity index (χ1n) is 6.44. The molecule has 3 heteroatoms. The van der Waals surface area contributed by atoms with E-state index >= 15 is 0 Å². The summed E-state index contributed by atoms with van der Waals surface area (Å²) in [4.78, 5) is 4.58. The maximum absolute atomic E-state index is 4.58. The van der Waals surface area contributed by atoms with Crippen LogP contribution in [0.15, 0.2) is 35.3 Å². The van der Waals surface area contributed by atoms with E-state index in [1.165, 1.54) is 18.4 Å². The van der Waals surface area contributed by atoms with Gasteiger partial charge in [0.2, 0.25) is 0 Å². The Kier molecular flexibility index (Phi) is 4.42. The Labute approximate surface area is 103 Å². The van der Waals surface area contributed by atoms with Crippen molar-refractivity contribution < 1.29 is 0 Å². The monoisotopic (exact) mass is 231 g/mol. The molecule has 1 fully saturated rings. The standard InChI is InChI=1S/C14H21N3/c1-2-15-14(17-11-13-8-9-13)16-10-12-6-4-3-5-7-12/h3-7,13H,2,8-11H2,1H3,(H2,15,16,17). The fraction of sp³-hybridized carbons (Fsp3) is 0.500. The van der Waals surface area contributed by atoms with E-state index in [0.29, 0.717) is 0 Å². The molecular weight excluding hydrogens is 210 g/mol. The number of aliphatic imine (C=N–C) groups is 1. The van der Waals surface area contributed by atoms with Gasteiger partial charge in [0.05, 0.1) is 6.54 Å². The molecule has 2 N–H and O–H groups in total. The molecule has 17 heavy (non-hydrogen) atoms. The first-order chi connectivity index (χ1) is 8.38. The molecule has 0 saturated heterocycles. The molecule has 92 valence electrons. The van der Waals surface area contributed by atoms with Crippen molar-refractivity contribution in [2.45, 2.75) is 26.3 Å². The molecule has 1 aliphatic rings. The first kappa shape index (κ1) is 12.0. The molecule has 0 heterocycles. The molecule has 0 radical (unpaired) electrons. The zero-order valence-corrected chi connectivity index (χ0v) is 10.4. The van der Waals surface area contributed by atoms with Gasteiger partial charge in [0.1, 0.15) is 0 Å². The number of guanidine groups is 1. The summed E-state index contributed by atoms with van der Waals surface area (Å²) in [7, 11) is 0. The summed E-state index contributed by atoms with van der Waals surface area (Å²) in [6, 6.07) is 10.3. The normalized spacial score (nSPS) is 15.7. The van der Waals surface area contributed by atoms with Crippen molar-refractivity contribution in [2.75, 3.05) is 13.1 Å². The third kappa shape index (κ3) is 4.47. The highest BCUT2D eigenvalue weighted by Gasteiger charge is 2.20. The van der Waals surface area contributed by atoms with Crippen molar-refractivity contribution in [3.8, 4) is 0 Å². The van der Waals surface area contributed by atoms with Gasteiger partial charge in [-0.1, -0.05) is 30.3 Å². The van der Waals surface area contributed by atoms with Crippen LogP contribution >= 0.6 is 0 Å². The Morgan fingerprint density at radius 2 is 2.00 bits per heavy atom. The molecule has 1 aromatic carbocycles. The van der Waals surface area contributed by atoms with Crippen LogP contribution < -0.4 is 10.6 Å². The molecule has 2 rings (SSSR count). The van der Waals surface area contributed by atoms with Crippen molar-refractivity contribution in [2.24, 2.45) is 10.9 Å². The number of hydrogen-bond donors (Lipinski definition) is 2. The van der Waals surface area contributed by atoms with Crippen molar-refractivity contribution in [1.29, 1.82) is 0 Å². The predicted molar refractivity (Wildman–Crippen MR) is 72.0 cm³/mol. The Bertz CT molecular complexity index is 355. The Balaban J connectivity index is 1.84. The highest BCUT2D eigenvalue weighted by atomic mass is 15.2. The number of hydrogen-bond acceptors (Lipinski definition) is 1. The third-order valence-corrected chi connectivity index (χ3v) is 2.86. The van der Waals surface area contributed by atoms with Gasteiger partial charge in [-0.15, -0.1) is 0 Å². The number of benzene rings is 1. The molecule has 0 amide bonds. The summed E-state index contributed by atoms with van der Waals surface area (Å²) in [5.74, 6) is 1.80. The number of rotatable bonds is 5. The van der Waals surface area contributed by atoms with Crippen LogP contribution in [0, 0.1) is 5.92 Å². The zero-order chi connectivity index (χ0) is 11.9. The van der Waals surface area contributed by atoms with Crippen molar-refractivity contribution in [1.82, 2.24) is 10.6 Å². The molecule has 1 saturated carbocycles. The van der Waals surface area contributed by atoms with Crippen LogP contribution in [0.5, 0.6) is 0 Å². The second-order valence-electron chi connectivity index (χ2n) is 4.51. The van der Waals surface area contributed by atoms with Crippen molar-refractivity contribution >= 4 is 5.96 Å². The molecule has 0 spiro atoms. The maximum atomic E-state index is 4.58. The molecule has 0 bridgehead atoms. The number of nitrogens with zero attached hydrogens (tertiary/aromatic N) is 1. The molecule has 3 nitrogen and oxygen atoms in total. The molecule has 0 aromatic heterocycles. The van der Waals surface area contributed by atoms with Gasteiger partial charge in [-0.2, -0.15) is 0 Å². The van der Waals surface area contributed by atoms with Crippen molar-refractivity contribution in [3.05, 3.63) is 35.9 Å². The molecule has 1 aliphatic carbocycles. The van der Waals surface area contributed by atoms with E-state index in [1.807, 2.05) is 6.07 Å². The summed E-state index contributed by atoms with van der Waals surface area (Å²) >= 11 is 0. The van der Waals surface area contributed by atoms with Gasteiger partial charge in [-0.05, 0) is 31.2 Å². The lowest BCUT2D eigenvalue weighted by Gasteiger charge is -2.10. The Hall–Kier alpha value is -1.51. The van der Waals surface area contributed by atoms with Gasteiger partial charge < -0.3 is 10.6 Å². The zero-order valence-electron chi connectivity index (χ0n) is 10.4. The van der Waals surface area contributed by atoms with Crippen molar-refractivity contribution in [3.63, 3.8) is 0 Å². The summed E-state index contributed by atoms with van der Waals surface area (Å²) in [5.41, 5.74) is 1.25. The first-order valence-corrected chi connectivity index (χ1v) is 6.44. The average Bonchev–Trinajstić information content (AvgIpc) is 3.18. The lowest BCUT2D eigenvalue weighted by atomic mass is 10.2. The van der Waals surface area contributed by atoms with Gasteiger partial charge in [-0.3, -0.25) is 0 Å². The largest absolute Gasteiger partial charge is 0.357 e. The molecular formula is C14H21N3. The molecule has 0 atom stereocenters.